The van der Waals surface area contributed by atoms with Crippen molar-refractivity contribution in [1.82, 2.24) is 20.3 Å². The van der Waals surface area contributed by atoms with E-state index in [0.717, 1.165) is 12.0 Å². The Morgan fingerprint density at radius 3 is 2.60 bits per heavy atom. The molecule has 0 saturated heterocycles. The molecule has 100 valence electrons. The highest BCUT2D eigenvalue weighted by Crippen LogP contribution is 2.46. The Kier molecular flexibility index (Phi) is 2.42. The van der Waals surface area contributed by atoms with E-state index in [1.54, 1.807) is 0 Å². The fourth-order valence-electron chi connectivity index (χ4n) is 2.15. The first-order valence-corrected chi connectivity index (χ1v) is 6.54. The van der Waals surface area contributed by atoms with Crippen LogP contribution in [0.3, 0.4) is 0 Å². The van der Waals surface area contributed by atoms with E-state index in [4.69, 9.17) is 8.94 Å². The Bertz CT molecular complexity index is 734. The first-order valence-electron chi connectivity index (χ1n) is 6.54. The predicted octanol–water partition coefficient (Wildman–Crippen LogP) is 2.91. The number of hydrogen-bond donors (Lipinski definition) is 0. The van der Waals surface area contributed by atoms with Gasteiger partial charge in [0.25, 0.3) is 11.7 Å². The summed E-state index contributed by atoms with van der Waals surface area (Å²) in [4.78, 5) is 4.33. The van der Waals surface area contributed by atoms with Crippen LogP contribution >= 0.6 is 0 Å². The summed E-state index contributed by atoms with van der Waals surface area (Å²) in [6.07, 6.45) is 1.10. The summed E-state index contributed by atoms with van der Waals surface area (Å²) in [5.74, 6) is 2.75. The third kappa shape index (κ3) is 1.89. The zero-order valence-electron chi connectivity index (χ0n) is 10.9. The molecule has 0 aliphatic heterocycles. The molecular formula is C14H12N4O2. The van der Waals surface area contributed by atoms with E-state index < -0.39 is 0 Å². The van der Waals surface area contributed by atoms with Crippen LogP contribution in [0, 0.1) is 5.92 Å². The molecule has 2 heterocycles. The van der Waals surface area contributed by atoms with Gasteiger partial charge >= 0.3 is 0 Å². The molecule has 6 heteroatoms. The molecular weight excluding hydrogens is 256 g/mol. The minimum Gasteiger partial charge on any atom is -0.413 e. The van der Waals surface area contributed by atoms with Crippen molar-refractivity contribution in [2.75, 3.05) is 0 Å². The Balaban J connectivity index is 1.63. The zero-order chi connectivity index (χ0) is 13.5. The summed E-state index contributed by atoms with van der Waals surface area (Å²) in [5.41, 5.74) is 0.866. The molecule has 1 fully saturated rings. The highest BCUT2D eigenvalue weighted by molar-refractivity contribution is 5.54. The lowest BCUT2D eigenvalue weighted by Gasteiger charge is -1.90. The van der Waals surface area contributed by atoms with Crippen molar-refractivity contribution in [1.29, 1.82) is 0 Å². The van der Waals surface area contributed by atoms with Gasteiger partial charge in [-0.1, -0.05) is 30.3 Å². The summed E-state index contributed by atoms with van der Waals surface area (Å²) in [6.45, 7) is 2.16. The van der Waals surface area contributed by atoms with Crippen molar-refractivity contribution in [3.05, 3.63) is 36.2 Å². The van der Waals surface area contributed by atoms with E-state index in [-0.39, 0.29) is 5.89 Å². The number of benzene rings is 1. The lowest BCUT2D eigenvalue weighted by molar-refractivity contribution is 0.375. The summed E-state index contributed by atoms with van der Waals surface area (Å²) in [7, 11) is 0. The van der Waals surface area contributed by atoms with E-state index in [1.807, 2.05) is 30.3 Å². The van der Waals surface area contributed by atoms with Crippen LogP contribution < -0.4 is 0 Å². The van der Waals surface area contributed by atoms with Gasteiger partial charge in [-0.15, -0.1) is 10.2 Å². The highest BCUT2D eigenvalue weighted by Gasteiger charge is 2.39. The molecule has 0 N–H and O–H groups in total. The normalized spacial score (nSPS) is 21.1. The van der Waals surface area contributed by atoms with Gasteiger partial charge in [0.1, 0.15) is 0 Å². The molecule has 2 atom stereocenters. The number of nitrogens with zero attached hydrogens (tertiary/aromatic N) is 4. The molecule has 1 aromatic carbocycles. The number of aromatic nitrogens is 4. The lowest BCUT2D eigenvalue weighted by atomic mass is 10.2. The molecule has 0 radical (unpaired) electrons. The summed E-state index contributed by atoms with van der Waals surface area (Å²) in [6, 6.07) is 9.58. The minimum atomic E-state index is 0.284. The van der Waals surface area contributed by atoms with Crippen LogP contribution in [0.25, 0.3) is 23.2 Å². The third-order valence-corrected chi connectivity index (χ3v) is 3.51. The van der Waals surface area contributed by atoms with Gasteiger partial charge in [-0.05, 0) is 24.5 Å². The smallest absolute Gasteiger partial charge is 0.289 e. The van der Waals surface area contributed by atoms with E-state index in [1.165, 1.54) is 0 Å². The van der Waals surface area contributed by atoms with E-state index in [9.17, 15) is 0 Å². The second kappa shape index (κ2) is 4.26. The van der Waals surface area contributed by atoms with Gasteiger partial charge in [-0.25, -0.2) is 0 Å². The largest absolute Gasteiger partial charge is 0.413 e. The SMILES string of the molecule is C[C@@H]1C[C@@H]1c1nc(-c2nnc(-c3ccccc3)o2)no1. The van der Waals surface area contributed by atoms with Crippen LogP contribution in [0.5, 0.6) is 0 Å². The molecule has 0 amide bonds. The van der Waals surface area contributed by atoms with Crippen LogP contribution in [0.2, 0.25) is 0 Å². The van der Waals surface area contributed by atoms with E-state index in [0.29, 0.717) is 29.4 Å². The van der Waals surface area contributed by atoms with Crippen molar-refractivity contribution in [3.8, 4) is 23.2 Å². The Morgan fingerprint density at radius 1 is 1.10 bits per heavy atom. The molecule has 20 heavy (non-hydrogen) atoms. The van der Waals surface area contributed by atoms with E-state index in [2.05, 4.69) is 27.3 Å². The van der Waals surface area contributed by atoms with Gasteiger partial charge in [-0.2, -0.15) is 4.98 Å². The van der Waals surface area contributed by atoms with Gasteiger partial charge in [0.2, 0.25) is 11.8 Å². The molecule has 0 spiro atoms. The monoisotopic (exact) mass is 268 g/mol. The molecule has 1 aliphatic carbocycles. The van der Waals surface area contributed by atoms with Gasteiger partial charge in [0, 0.05) is 11.5 Å². The van der Waals surface area contributed by atoms with Crippen LogP contribution in [-0.2, 0) is 0 Å². The zero-order valence-corrected chi connectivity index (χ0v) is 10.9. The maximum atomic E-state index is 5.59. The van der Waals surface area contributed by atoms with Gasteiger partial charge in [-0.3, -0.25) is 0 Å². The van der Waals surface area contributed by atoms with Crippen LogP contribution in [0.15, 0.2) is 39.3 Å². The molecule has 3 aromatic rings. The Hall–Kier alpha value is -2.50. The molecule has 6 nitrogen and oxygen atoms in total. The Labute approximate surface area is 114 Å². The average molecular weight is 268 g/mol. The van der Waals surface area contributed by atoms with Gasteiger partial charge < -0.3 is 8.94 Å². The number of rotatable bonds is 3. The van der Waals surface area contributed by atoms with Crippen molar-refractivity contribution in [3.63, 3.8) is 0 Å². The third-order valence-electron chi connectivity index (χ3n) is 3.51. The van der Waals surface area contributed by atoms with Crippen LogP contribution in [0.4, 0.5) is 0 Å². The van der Waals surface area contributed by atoms with Crippen LogP contribution in [-0.4, -0.2) is 20.3 Å². The maximum Gasteiger partial charge on any atom is 0.289 e. The van der Waals surface area contributed by atoms with Gasteiger partial charge in [0.05, 0.1) is 0 Å². The summed E-state index contributed by atoms with van der Waals surface area (Å²) < 4.78 is 10.8. The van der Waals surface area contributed by atoms with Crippen molar-refractivity contribution in [2.24, 2.45) is 5.92 Å². The van der Waals surface area contributed by atoms with E-state index >= 15 is 0 Å². The summed E-state index contributed by atoms with van der Waals surface area (Å²) in [5, 5.41) is 11.9. The second-order valence-electron chi connectivity index (χ2n) is 5.05. The molecule has 4 rings (SSSR count). The quantitative estimate of drug-likeness (QED) is 0.726. The van der Waals surface area contributed by atoms with Crippen molar-refractivity contribution < 1.29 is 8.94 Å². The van der Waals surface area contributed by atoms with Crippen molar-refractivity contribution in [2.45, 2.75) is 19.3 Å². The molecule has 0 bridgehead atoms. The minimum absolute atomic E-state index is 0.284. The first-order chi connectivity index (χ1) is 9.81. The van der Waals surface area contributed by atoms with Gasteiger partial charge in [0.15, 0.2) is 0 Å². The van der Waals surface area contributed by atoms with Crippen molar-refractivity contribution >= 4 is 0 Å². The fraction of sp³-hybridized carbons (Fsp3) is 0.286. The maximum absolute atomic E-state index is 5.59. The topological polar surface area (TPSA) is 77.8 Å². The fourth-order valence-corrected chi connectivity index (χ4v) is 2.15. The molecule has 1 aliphatic rings. The molecule has 2 aromatic heterocycles. The lowest BCUT2D eigenvalue weighted by Crippen LogP contribution is -1.83. The highest BCUT2D eigenvalue weighted by atomic mass is 16.5. The molecule has 0 unspecified atom stereocenters. The summed E-state index contributed by atoms with van der Waals surface area (Å²) >= 11 is 0. The first kappa shape index (κ1) is 11.3. The Morgan fingerprint density at radius 2 is 1.85 bits per heavy atom. The number of hydrogen-bond acceptors (Lipinski definition) is 6. The average Bonchev–Trinajstić information content (AvgIpc) is 2.94. The van der Waals surface area contributed by atoms with Crippen LogP contribution in [0.1, 0.15) is 25.2 Å². The molecule has 1 saturated carbocycles. The standard InChI is InChI=1S/C14H12N4O2/c1-8-7-10(8)13-15-11(18-20-13)14-17-16-12(19-14)9-5-3-2-4-6-9/h2-6,8,10H,7H2,1H3/t8-,10+/m1/s1. The predicted molar refractivity (Wildman–Crippen MR) is 69.5 cm³/mol. The second-order valence-corrected chi connectivity index (χ2v) is 5.05.